The van der Waals surface area contributed by atoms with Crippen LogP contribution in [0.2, 0.25) is 0 Å². The lowest BCUT2D eigenvalue weighted by molar-refractivity contribution is 0.368. The number of thioether (sulfide) groups is 1. The van der Waals surface area contributed by atoms with Gasteiger partial charge >= 0.3 is 0 Å². The summed E-state index contributed by atoms with van der Waals surface area (Å²) in [6.07, 6.45) is 0. The lowest BCUT2D eigenvalue weighted by atomic mass is 10.3. The van der Waals surface area contributed by atoms with Crippen LogP contribution in [-0.4, -0.2) is 19.5 Å². The highest BCUT2D eigenvalue weighted by atomic mass is 32.2. The van der Waals surface area contributed by atoms with E-state index in [2.05, 4.69) is 23.3 Å². The predicted molar refractivity (Wildman–Crippen MR) is 81.3 cm³/mol. The number of hydrogen-bond acceptors (Lipinski definition) is 4. The van der Waals surface area contributed by atoms with Gasteiger partial charge in [0.2, 0.25) is 0 Å². The van der Waals surface area contributed by atoms with Gasteiger partial charge in [-0.2, -0.15) is 0 Å². The van der Waals surface area contributed by atoms with E-state index in [4.69, 9.17) is 9.47 Å². The topological polar surface area (TPSA) is 18.5 Å². The number of thiophene rings is 1. The third-order valence-corrected chi connectivity index (χ3v) is 4.29. The lowest BCUT2D eigenvalue weighted by Crippen LogP contribution is -1.94. The van der Waals surface area contributed by atoms with Gasteiger partial charge in [-0.1, -0.05) is 17.9 Å². The second-order valence-corrected chi connectivity index (χ2v) is 5.76. The van der Waals surface area contributed by atoms with Gasteiger partial charge in [0.05, 0.1) is 17.1 Å². The van der Waals surface area contributed by atoms with E-state index < -0.39 is 0 Å². The first-order chi connectivity index (χ1) is 9.38. The number of hydrogen-bond donors (Lipinski definition) is 0. The molecule has 2 rings (SSSR count). The molecule has 0 atom stereocenters. The largest absolute Gasteiger partial charge is 0.497 e. The second kappa shape index (κ2) is 7.78. The van der Waals surface area contributed by atoms with E-state index in [1.807, 2.05) is 30.3 Å². The van der Waals surface area contributed by atoms with Crippen molar-refractivity contribution in [2.75, 3.05) is 19.5 Å². The molecule has 0 saturated carbocycles. The zero-order valence-corrected chi connectivity index (χ0v) is 12.2. The van der Waals surface area contributed by atoms with Crippen LogP contribution in [0.4, 0.5) is 0 Å². The Bertz CT molecular complexity index is 536. The van der Waals surface area contributed by atoms with Gasteiger partial charge in [0, 0.05) is 0 Å². The molecular weight excluding hydrogens is 276 g/mol. The van der Waals surface area contributed by atoms with Crippen LogP contribution in [0.25, 0.3) is 0 Å². The molecule has 2 aromatic rings. The van der Waals surface area contributed by atoms with Gasteiger partial charge in [0.25, 0.3) is 0 Å². The van der Waals surface area contributed by atoms with Crippen molar-refractivity contribution in [1.82, 2.24) is 0 Å². The van der Waals surface area contributed by atoms with Gasteiger partial charge in [0.1, 0.15) is 18.1 Å². The average molecular weight is 290 g/mol. The molecule has 0 bridgehead atoms. The Morgan fingerprint density at radius 3 is 2.58 bits per heavy atom. The fourth-order valence-electron chi connectivity index (χ4n) is 1.35. The Balaban J connectivity index is 1.68. The van der Waals surface area contributed by atoms with Crippen molar-refractivity contribution < 1.29 is 9.47 Å². The molecule has 0 aliphatic heterocycles. The third-order valence-electron chi connectivity index (χ3n) is 2.28. The third kappa shape index (κ3) is 4.90. The summed E-state index contributed by atoms with van der Waals surface area (Å²) in [6, 6.07) is 11.6. The van der Waals surface area contributed by atoms with Gasteiger partial charge in [-0.3, -0.25) is 0 Å². The first kappa shape index (κ1) is 13.9. The molecule has 1 heterocycles. The summed E-state index contributed by atoms with van der Waals surface area (Å²) in [7, 11) is 1.65. The Kier molecular flexibility index (Phi) is 5.67. The molecule has 0 radical (unpaired) electrons. The van der Waals surface area contributed by atoms with E-state index in [1.54, 1.807) is 30.2 Å². The Morgan fingerprint density at radius 2 is 1.89 bits per heavy atom. The van der Waals surface area contributed by atoms with Crippen molar-refractivity contribution in [3.63, 3.8) is 0 Å². The van der Waals surface area contributed by atoms with Crippen molar-refractivity contribution in [3.8, 4) is 23.3 Å². The highest BCUT2D eigenvalue weighted by molar-refractivity contribution is 8.01. The molecule has 0 saturated heterocycles. The standard InChI is InChI=1S/C15H14O2S2/c1-16-13-6-8-14(9-7-13)17-10-2-3-11-18-15-5-4-12-19-15/h4-9,12H,10-11H2,1H3. The van der Waals surface area contributed by atoms with Gasteiger partial charge in [0.15, 0.2) is 0 Å². The minimum Gasteiger partial charge on any atom is -0.497 e. The van der Waals surface area contributed by atoms with Gasteiger partial charge in [-0.05, 0) is 35.7 Å². The van der Waals surface area contributed by atoms with Gasteiger partial charge in [-0.15, -0.1) is 23.1 Å². The molecule has 0 unspecified atom stereocenters. The highest BCUT2D eigenvalue weighted by Gasteiger charge is 1.93. The van der Waals surface area contributed by atoms with Crippen LogP contribution in [-0.2, 0) is 0 Å². The summed E-state index contributed by atoms with van der Waals surface area (Å²) < 4.78 is 11.9. The molecule has 2 nitrogen and oxygen atoms in total. The molecule has 0 fully saturated rings. The summed E-state index contributed by atoms with van der Waals surface area (Å²) in [4.78, 5) is 0. The summed E-state index contributed by atoms with van der Waals surface area (Å²) in [5, 5.41) is 2.07. The quantitative estimate of drug-likeness (QED) is 0.614. The smallest absolute Gasteiger partial charge is 0.149 e. The number of methoxy groups -OCH3 is 1. The van der Waals surface area contributed by atoms with Crippen LogP contribution >= 0.6 is 23.1 Å². The highest BCUT2D eigenvalue weighted by Crippen LogP contribution is 2.22. The molecule has 0 amide bonds. The maximum absolute atomic E-state index is 5.51. The molecular formula is C15H14O2S2. The van der Waals surface area contributed by atoms with Crippen LogP contribution in [0.3, 0.4) is 0 Å². The molecule has 0 spiro atoms. The maximum Gasteiger partial charge on any atom is 0.149 e. The average Bonchev–Trinajstić information content (AvgIpc) is 2.96. The molecule has 0 aliphatic carbocycles. The summed E-state index contributed by atoms with van der Waals surface area (Å²) in [6.45, 7) is 0.414. The van der Waals surface area contributed by atoms with E-state index in [0.29, 0.717) is 6.61 Å². The van der Waals surface area contributed by atoms with E-state index in [1.165, 1.54) is 4.21 Å². The summed E-state index contributed by atoms with van der Waals surface area (Å²) in [5.74, 6) is 8.52. The SMILES string of the molecule is COc1ccc(OCC#CCSc2cccs2)cc1. The second-order valence-electron chi connectivity index (χ2n) is 3.54. The van der Waals surface area contributed by atoms with Crippen LogP contribution in [0.5, 0.6) is 11.5 Å². The minimum atomic E-state index is 0.414. The fourth-order valence-corrected chi connectivity index (χ4v) is 2.90. The first-order valence-corrected chi connectivity index (χ1v) is 7.64. The number of benzene rings is 1. The van der Waals surface area contributed by atoms with E-state index in [0.717, 1.165) is 17.3 Å². The minimum absolute atomic E-state index is 0.414. The van der Waals surface area contributed by atoms with E-state index >= 15 is 0 Å². The van der Waals surface area contributed by atoms with E-state index in [-0.39, 0.29) is 0 Å². The van der Waals surface area contributed by atoms with E-state index in [9.17, 15) is 0 Å². The van der Waals surface area contributed by atoms with Crippen LogP contribution in [0.15, 0.2) is 46.0 Å². The summed E-state index contributed by atoms with van der Waals surface area (Å²) in [5.41, 5.74) is 0. The van der Waals surface area contributed by atoms with Crippen molar-refractivity contribution in [2.24, 2.45) is 0 Å². The van der Waals surface area contributed by atoms with Gasteiger partial charge < -0.3 is 9.47 Å². The van der Waals surface area contributed by atoms with Crippen LogP contribution in [0.1, 0.15) is 0 Å². The van der Waals surface area contributed by atoms with Crippen molar-refractivity contribution >= 4 is 23.1 Å². The first-order valence-electron chi connectivity index (χ1n) is 5.77. The van der Waals surface area contributed by atoms with Crippen LogP contribution < -0.4 is 9.47 Å². The Labute approximate surface area is 121 Å². The monoisotopic (exact) mass is 290 g/mol. The molecule has 19 heavy (non-hydrogen) atoms. The number of rotatable bonds is 5. The van der Waals surface area contributed by atoms with Crippen LogP contribution in [0, 0.1) is 11.8 Å². The maximum atomic E-state index is 5.51. The molecule has 0 N–H and O–H groups in total. The van der Waals surface area contributed by atoms with Crippen molar-refractivity contribution in [2.45, 2.75) is 4.21 Å². The zero-order chi connectivity index (χ0) is 13.3. The Hall–Kier alpha value is -1.57. The number of ether oxygens (including phenoxy) is 2. The summed E-state index contributed by atoms with van der Waals surface area (Å²) >= 11 is 3.49. The lowest BCUT2D eigenvalue weighted by Gasteiger charge is -2.03. The zero-order valence-electron chi connectivity index (χ0n) is 10.6. The molecule has 0 aliphatic rings. The predicted octanol–water partition coefficient (Wildman–Crippen LogP) is 3.93. The molecule has 1 aromatic heterocycles. The van der Waals surface area contributed by atoms with Crippen molar-refractivity contribution in [3.05, 3.63) is 41.8 Å². The van der Waals surface area contributed by atoms with Crippen molar-refractivity contribution in [1.29, 1.82) is 0 Å². The normalized spacial score (nSPS) is 9.53. The van der Waals surface area contributed by atoms with Gasteiger partial charge in [-0.25, -0.2) is 0 Å². The molecule has 4 heteroatoms. The molecule has 98 valence electrons. The fraction of sp³-hybridized carbons (Fsp3) is 0.200. The molecule has 1 aromatic carbocycles. The Morgan fingerprint density at radius 1 is 1.11 bits per heavy atom.